The summed E-state index contributed by atoms with van der Waals surface area (Å²) in [5.41, 5.74) is 1.69. The van der Waals surface area contributed by atoms with Crippen molar-refractivity contribution in [1.29, 1.82) is 0 Å². The maximum atomic E-state index is 12.2. The van der Waals surface area contributed by atoms with Crippen LogP contribution in [0.1, 0.15) is 29.8 Å². The third-order valence-corrected chi connectivity index (χ3v) is 3.58. The molecule has 0 radical (unpaired) electrons. The van der Waals surface area contributed by atoms with Crippen LogP contribution in [0.5, 0.6) is 0 Å². The molecule has 0 fully saturated rings. The van der Waals surface area contributed by atoms with Gasteiger partial charge in [-0.1, -0.05) is 18.2 Å². The summed E-state index contributed by atoms with van der Waals surface area (Å²) in [5, 5.41) is 5.09. The van der Waals surface area contributed by atoms with E-state index >= 15 is 0 Å². The van der Waals surface area contributed by atoms with Crippen molar-refractivity contribution in [2.24, 2.45) is 0 Å². The number of urea groups is 1. The largest absolute Gasteiger partial charge is 0.463 e. The van der Waals surface area contributed by atoms with Crippen LogP contribution in [0.2, 0.25) is 0 Å². The molecule has 0 aliphatic carbocycles. The Bertz CT molecular complexity index is 696. The van der Waals surface area contributed by atoms with Gasteiger partial charge in [-0.15, -0.1) is 0 Å². The van der Waals surface area contributed by atoms with E-state index in [-0.39, 0.29) is 24.5 Å². The van der Waals surface area contributed by atoms with Crippen LogP contribution in [0.25, 0.3) is 0 Å². The Balaban J connectivity index is 2.19. The highest BCUT2D eigenvalue weighted by atomic mass is 16.5. The van der Waals surface area contributed by atoms with Gasteiger partial charge in [0, 0.05) is 0 Å². The maximum Gasteiger partial charge on any atom is 0.338 e. The van der Waals surface area contributed by atoms with Gasteiger partial charge in [0.05, 0.1) is 29.5 Å². The predicted molar refractivity (Wildman–Crippen MR) is 86.2 cm³/mol. The molecule has 0 spiro atoms. The highest BCUT2D eigenvalue weighted by Crippen LogP contribution is 2.16. The summed E-state index contributed by atoms with van der Waals surface area (Å²) >= 11 is 0. The van der Waals surface area contributed by atoms with Crippen molar-refractivity contribution in [2.45, 2.75) is 26.8 Å². The van der Waals surface area contributed by atoms with E-state index in [4.69, 9.17) is 9.47 Å². The molecule has 7 nitrogen and oxygen atoms in total. The van der Waals surface area contributed by atoms with E-state index in [1.807, 2.05) is 6.07 Å². The summed E-state index contributed by atoms with van der Waals surface area (Å²) in [6, 6.07) is 6.02. The number of hydrogen-bond acceptors (Lipinski definition) is 5. The fourth-order valence-electron chi connectivity index (χ4n) is 2.41. The van der Waals surface area contributed by atoms with Gasteiger partial charge in [0.15, 0.2) is 0 Å². The molecule has 1 heterocycles. The van der Waals surface area contributed by atoms with Crippen molar-refractivity contribution < 1.29 is 23.9 Å². The first kappa shape index (κ1) is 17.5. The van der Waals surface area contributed by atoms with Gasteiger partial charge >= 0.3 is 18.0 Å². The molecule has 0 aromatic heterocycles. The predicted octanol–water partition coefficient (Wildman–Crippen LogP) is 1.67. The summed E-state index contributed by atoms with van der Waals surface area (Å²) in [5.74, 6) is -1.08. The minimum atomic E-state index is -0.556. The zero-order valence-electron chi connectivity index (χ0n) is 13.8. The topological polar surface area (TPSA) is 93.7 Å². The standard InChI is InChI=1S/C17H20N2O5/c1-4-23-16(21)14-11(3)18-17(22)19-13(14)9-24-15(20)12-8-6-5-7-10(12)2/h5-8,11H,4,9H2,1-3H3,(H2,18,19,22). The summed E-state index contributed by atoms with van der Waals surface area (Å²) in [6.45, 7) is 5.14. The second-order valence-corrected chi connectivity index (χ2v) is 5.32. The summed E-state index contributed by atoms with van der Waals surface area (Å²) < 4.78 is 10.3. The Morgan fingerprint density at radius 2 is 1.88 bits per heavy atom. The number of benzene rings is 1. The summed E-state index contributed by atoms with van der Waals surface area (Å²) in [6.07, 6.45) is 0. The van der Waals surface area contributed by atoms with E-state index in [0.717, 1.165) is 5.56 Å². The average molecular weight is 332 g/mol. The lowest BCUT2D eigenvalue weighted by molar-refractivity contribution is -0.139. The third-order valence-electron chi connectivity index (χ3n) is 3.58. The number of ether oxygens (including phenoxy) is 2. The van der Waals surface area contributed by atoms with Crippen LogP contribution in [-0.4, -0.2) is 37.2 Å². The molecule has 1 aliphatic rings. The Kier molecular flexibility index (Phi) is 5.57. The molecule has 2 amide bonds. The molecule has 1 aliphatic heterocycles. The van der Waals surface area contributed by atoms with E-state index in [1.165, 1.54) is 0 Å². The van der Waals surface area contributed by atoms with Crippen molar-refractivity contribution in [2.75, 3.05) is 13.2 Å². The number of carbonyl (C=O) groups is 3. The van der Waals surface area contributed by atoms with Crippen molar-refractivity contribution in [3.8, 4) is 0 Å². The molecular formula is C17H20N2O5. The molecule has 0 saturated heterocycles. The molecule has 1 unspecified atom stereocenters. The fourth-order valence-corrected chi connectivity index (χ4v) is 2.41. The zero-order chi connectivity index (χ0) is 17.7. The number of amides is 2. The van der Waals surface area contributed by atoms with Crippen molar-refractivity contribution in [3.05, 3.63) is 46.7 Å². The summed E-state index contributed by atoms with van der Waals surface area (Å²) in [4.78, 5) is 35.9. The fraction of sp³-hybridized carbons (Fsp3) is 0.353. The molecule has 7 heteroatoms. The first-order chi connectivity index (χ1) is 11.4. The van der Waals surface area contributed by atoms with Gasteiger partial charge in [0.25, 0.3) is 0 Å². The van der Waals surface area contributed by atoms with Gasteiger partial charge in [-0.2, -0.15) is 0 Å². The maximum absolute atomic E-state index is 12.2. The molecule has 1 atom stereocenters. The number of aryl methyl sites for hydroxylation is 1. The number of hydrogen-bond donors (Lipinski definition) is 2. The lowest BCUT2D eigenvalue weighted by Crippen LogP contribution is -2.50. The highest BCUT2D eigenvalue weighted by molar-refractivity contribution is 5.95. The van der Waals surface area contributed by atoms with E-state index in [1.54, 1.807) is 39.0 Å². The Labute approximate surface area is 140 Å². The smallest absolute Gasteiger partial charge is 0.338 e. The Morgan fingerprint density at radius 1 is 1.17 bits per heavy atom. The molecule has 0 bridgehead atoms. The first-order valence-electron chi connectivity index (χ1n) is 7.64. The average Bonchev–Trinajstić information content (AvgIpc) is 2.52. The normalized spacial score (nSPS) is 17.0. The number of nitrogens with one attached hydrogen (secondary N) is 2. The third kappa shape index (κ3) is 3.92. The quantitative estimate of drug-likeness (QED) is 0.800. The minimum Gasteiger partial charge on any atom is -0.463 e. The van der Waals surface area contributed by atoms with Gasteiger partial charge in [0.1, 0.15) is 6.61 Å². The Hall–Kier alpha value is -2.83. The van der Waals surface area contributed by atoms with Crippen molar-refractivity contribution in [1.82, 2.24) is 10.6 Å². The van der Waals surface area contributed by atoms with Crippen LogP contribution in [0.15, 0.2) is 35.5 Å². The molecule has 0 saturated carbocycles. The lowest BCUT2D eigenvalue weighted by Gasteiger charge is -2.26. The van der Waals surface area contributed by atoms with Gasteiger partial charge in [-0.05, 0) is 32.4 Å². The lowest BCUT2D eigenvalue weighted by atomic mass is 10.0. The van der Waals surface area contributed by atoms with Crippen LogP contribution in [0.3, 0.4) is 0 Å². The second-order valence-electron chi connectivity index (χ2n) is 5.32. The van der Waals surface area contributed by atoms with E-state index in [0.29, 0.717) is 5.56 Å². The number of carbonyl (C=O) groups excluding carboxylic acids is 3. The van der Waals surface area contributed by atoms with Gasteiger partial charge in [0.2, 0.25) is 0 Å². The van der Waals surface area contributed by atoms with Crippen molar-refractivity contribution in [3.63, 3.8) is 0 Å². The first-order valence-corrected chi connectivity index (χ1v) is 7.64. The molecular weight excluding hydrogens is 312 g/mol. The van der Waals surface area contributed by atoms with Gasteiger partial charge < -0.3 is 20.1 Å². The molecule has 24 heavy (non-hydrogen) atoms. The van der Waals surface area contributed by atoms with Crippen LogP contribution in [0.4, 0.5) is 4.79 Å². The number of rotatable bonds is 5. The van der Waals surface area contributed by atoms with Crippen LogP contribution >= 0.6 is 0 Å². The Morgan fingerprint density at radius 3 is 2.54 bits per heavy atom. The second kappa shape index (κ2) is 7.63. The molecule has 1 aromatic carbocycles. The highest BCUT2D eigenvalue weighted by Gasteiger charge is 2.30. The van der Waals surface area contributed by atoms with Crippen LogP contribution in [0, 0.1) is 6.92 Å². The zero-order valence-corrected chi connectivity index (χ0v) is 13.8. The molecule has 128 valence electrons. The number of esters is 2. The van der Waals surface area contributed by atoms with Gasteiger partial charge in [-0.3, -0.25) is 0 Å². The van der Waals surface area contributed by atoms with Crippen LogP contribution in [-0.2, 0) is 14.3 Å². The SMILES string of the molecule is CCOC(=O)C1=C(COC(=O)c2ccccc2C)NC(=O)NC1C. The molecule has 1 aromatic rings. The molecule has 2 N–H and O–H groups in total. The minimum absolute atomic E-state index is 0.208. The van der Waals surface area contributed by atoms with E-state index in [2.05, 4.69) is 10.6 Å². The van der Waals surface area contributed by atoms with E-state index < -0.39 is 24.0 Å². The monoisotopic (exact) mass is 332 g/mol. The van der Waals surface area contributed by atoms with Crippen LogP contribution < -0.4 is 10.6 Å². The molecule has 2 rings (SSSR count). The van der Waals surface area contributed by atoms with Gasteiger partial charge in [-0.25, -0.2) is 14.4 Å². The van der Waals surface area contributed by atoms with Crippen molar-refractivity contribution >= 4 is 18.0 Å². The summed E-state index contributed by atoms with van der Waals surface area (Å²) in [7, 11) is 0. The van der Waals surface area contributed by atoms with E-state index in [9.17, 15) is 14.4 Å².